The molecule has 0 aromatic rings. The summed E-state index contributed by atoms with van der Waals surface area (Å²) in [5, 5.41) is 6.75. The van der Waals surface area contributed by atoms with Gasteiger partial charge in [-0.3, -0.25) is 9.69 Å². The molecule has 0 radical (unpaired) electrons. The Labute approximate surface area is 121 Å². The van der Waals surface area contributed by atoms with Gasteiger partial charge in [-0.25, -0.2) is 0 Å². The number of amides is 1. The minimum Gasteiger partial charge on any atom is -0.352 e. The molecule has 1 saturated heterocycles. The van der Waals surface area contributed by atoms with Crippen LogP contribution in [-0.4, -0.2) is 49.6 Å². The summed E-state index contributed by atoms with van der Waals surface area (Å²) in [6, 6.07) is 0.498. The molecule has 1 amide bonds. The van der Waals surface area contributed by atoms with Crippen molar-refractivity contribution >= 4 is 5.91 Å². The average molecular weight is 277 g/mol. The van der Waals surface area contributed by atoms with Crippen molar-refractivity contribution in [1.82, 2.24) is 15.5 Å². The lowest BCUT2D eigenvalue weighted by Crippen LogP contribution is -2.57. The third-order valence-electron chi connectivity index (χ3n) is 6.13. The Kier molecular flexibility index (Phi) is 3.47. The van der Waals surface area contributed by atoms with Gasteiger partial charge in [0.2, 0.25) is 5.91 Å². The van der Waals surface area contributed by atoms with E-state index in [9.17, 15) is 4.79 Å². The Morgan fingerprint density at radius 3 is 2.20 bits per heavy atom. The molecule has 5 rings (SSSR count). The van der Waals surface area contributed by atoms with Gasteiger partial charge < -0.3 is 10.6 Å². The van der Waals surface area contributed by atoms with E-state index in [4.69, 9.17) is 0 Å². The molecule has 112 valence electrons. The van der Waals surface area contributed by atoms with Crippen molar-refractivity contribution in [2.24, 2.45) is 23.7 Å². The van der Waals surface area contributed by atoms with Crippen molar-refractivity contribution in [3.05, 3.63) is 0 Å². The lowest BCUT2D eigenvalue weighted by Gasteiger charge is -2.54. The van der Waals surface area contributed by atoms with Gasteiger partial charge in [0, 0.05) is 32.2 Å². The van der Waals surface area contributed by atoms with Crippen LogP contribution in [0.1, 0.15) is 32.1 Å². The molecular weight excluding hydrogens is 250 g/mol. The molecule has 0 spiro atoms. The first kappa shape index (κ1) is 13.1. The van der Waals surface area contributed by atoms with E-state index in [2.05, 4.69) is 15.5 Å². The first-order valence-electron chi connectivity index (χ1n) is 8.50. The highest BCUT2D eigenvalue weighted by Gasteiger charge is 2.48. The zero-order valence-electron chi connectivity index (χ0n) is 12.3. The fourth-order valence-electron chi connectivity index (χ4n) is 5.46. The van der Waals surface area contributed by atoms with Crippen LogP contribution in [0.15, 0.2) is 0 Å². The van der Waals surface area contributed by atoms with Gasteiger partial charge in [0.15, 0.2) is 0 Å². The third-order valence-corrected chi connectivity index (χ3v) is 6.13. The average Bonchev–Trinajstić information content (AvgIpc) is 2.43. The fourth-order valence-corrected chi connectivity index (χ4v) is 5.46. The van der Waals surface area contributed by atoms with Crippen LogP contribution in [0.4, 0.5) is 0 Å². The van der Waals surface area contributed by atoms with Gasteiger partial charge >= 0.3 is 0 Å². The van der Waals surface area contributed by atoms with Crippen molar-refractivity contribution in [1.29, 1.82) is 0 Å². The van der Waals surface area contributed by atoms with Crippen molar-refractivity contribution in [2.45, 2.75) is 38.1 Å². The SMILES string of the molecule is O=C(CN1CCNCC1)NC1C2CC3CC(C2)CC1C3. The molecule has 1 heterocycles. The van der Waals surface area contributed by atoms with E-state index >= 15 is 0 Å². The summed E-state index contributed by atoms with van der Waals surface area (Å²) < 4.78 is 0. The summed E-state index contributed by atoms with van der Waals surface area (Å²) in [7, 11) is 0. The number of carbonyl (C=O) groups is 1. The van der Waals surface area contributed by atoms with Crippen LogP contribution in [0.3, 0.4) is 0 Å². The predicted octanol–water partition coefficient (Wildman–Crippen LogP) is 0.833. The molecule has 4 bridgehead atoms. The molecule has 4 nitrogen and oxygen atoms in total. The first-order chi connectivity index (χ1) is 9.78. The van der Waals surface area contributed by atoms with E-state index in [1.54, 1.807) is 0 Å². The van der Waals surface area contributed by atoms with Gasteiger partial charge in [-0.15, -0.1) is 0 Å². The number of piperazine rings is 1. The fraction of sp³-hybridized carbons (Fsp3) is 0.938. The van der Waals surface area contributed by atoms with E-state index in [0.29, 0.717) is 12.6 Å². The second-order valence-corrected chi connectivity index (χ2v) is 7.55. The number of carbonyl (C=O) groups excluding carboxylic acids is 1. The normalized spacial score (nSPS) is 43.7. The van der Waals surface area contributed by atoms with Gasteiger partial charge in [-0.05, 0) is 55.8 Å². The monoisotopic (exact) mass is 277 g/mol. The number of nitrogens with one attached hydrogen (secondary N) is 2. The van der Waals surface area contributed by atoms with Gasteiger partial charge in [-0.2, -0.15) is 0 Å². The summed E-state index contributed by atoms with van der Waals surface area (Å²) >= 11 is 0. The summed E-state index contributed by atoms with van der Waals surface area (Å²) in [5.74, 6) is 3.82. The van der Waals surface area contributed by atoms with Crippen molar-refractivity contribution in [3.63, 3.8) is 0 Å². The molecule has 4 aliphatic carbocycles. The Morgan fingerprint density at radius 2 is 1.60 bits per heavy atom. The van der Waals surface area contributed by atoms with E-state index in [0.717, 1.165) is 49.9 Å². The number of hydrogen-bond donors (Lipinski definition) is 2. The third kappa shape index (κ3) is 2.48. The lowest BCUT2D eigenvalue weighted by molar-refractivity contribution is -0.126. The number of hydrogen-bond acceptors (Lipinski definition) is 3. The van der Waals surface area contributed by atoms with Gasteiger partial charge in [-0.1, -0.05) is 0 Å². The van der Waals surface area contributed by atoms with Crippen LogP contribution in [0, 0.1) is 23.7 Å². The lowest BCUT2D eigenvalue weighted by atomic mass is 9.54. The predicted molar refractivity (Wildman–Crippen MR) is 78.3 cm³/mol. The molecule has 0 aromatic carbocycles. The molecule has 0 unspecified atom stereocenters. The maximum atomic E-state index is 12.3. The van der Waals surface area contributed by atoms with Gasteiger partial charge in [0.1, 0.15) is 0 Å². The molecule has 5 aliphatic rings. The van der Waals surface area contributed by atoms with Crippen molar-refractivity contribution in [3.8, 4) is 0 Å². The zero-order valence-corrected chi connectivity index (χ0v) is 12.3. The molecular formula is C16H27N3O. The summed E-state index contributed by atoms with van der Waals surface area (Å²) in [6.45, 7) is 4.66. The quantitative estimate of drug-likeness (QED) is 0.803. The highest BCUT2D eigenvalue weighted by Crippen LogP contribution is 2.53. The number of rotatable bonds is 3. The molecule has 1 aliphatic heterocycles. The van der Waals surface area contributed by atoms with Crippen LogP contribution >= 0.6 is 0 Å². The van der Waals surface area contributed by atoms with E-state index in [1.807, 2.05) is 0 Å². The van der Waals surface area contributed by atoms with E-state index < -0.39 is 0 Å². The minimum atomic E-state index is 0.268. The smallest absolute Gasteiger partial charge is 0.234 e. The maximum Gasteiger partial charge on any atom is 0.234 e. The van der Waals surface area contributed by atoms with Crippen molar-refractivity contribution < 1.29 is 4.79 Å². The van der Waals surface area contributed by atoms with Gasteiger partial charge in [0.05, 0.1) is 6.54 Å². The van der Waals surface area contributed by atoms with E-state index in [1.165, 1.54) is 32.1 Å². The molecule has 4 saturated carbocycles. The Hall–Kier alpha value is -0.610. The summed E-state index contributed by atoms with van der Waals surface area (Å²) in [5.41, 5.74) is 0. The van der Waals surface area contributed by atoms with Crippen LogP contribution in [-0.2, 0) is 4.79 Å². The maximum absolute atomic E-state index is 12.3. The summed E-state index contributed by atoms with van der Waals surface area (Å²) in [4.78, 5) is 14.6. The van der Waals surface area contributed by atoms with Crippen LogP contribution in [0.2, 0.25) is 0 Å². The Balaban J connectivity index is 1.33. The summed E-state index contributed by atoms with van der Waals surface area (Å²) in [6.07, 6.45) is 7.00. The second-order valence-electron chi connectivity index (χ2n) is 7.55. The van der Waals surface area contributed by atoms with Crippen LogP contribution in [0.25, 0.3) is 0 Å². The largest absolute Gasteiger partial charge is 0.352 e. The van der Waals surface area contributed by atoms with Crippen LogP contribution < -0.4 is 10.6 Å². The molecule has 20 heavy (non-hydrogen) atoms. The molecule has 2 N–H and O–H groups in total. The minimum absolute atomic E-state index is 0.268. The Morgan fingerprint density at radius 1 is 1.00 bits per heavy atom. The second kappa shape index (κ2) is 5.30. The standard InChI is InChI=1S/C16H27N3O/c20-15(10-19-3-1-17-2-4-19)18-16-13-6-11-5-12(8-13)9-14(16)7-11/h11-14,16-17H,1-10H2,(H,18,20). The number of nitrogens with zero attached hydrogens (tertiary/aromatic N) is 1. The topological polar surface area (TPSA) is 44.4 Å². The highest BCUT2D eigenvalue weighted by molar-refractivity contribution is 5.78. The molecule has 4 heteroatoms. The molecule has 0 atom stereocenters. The first-order valence-corrected chi connectivity index (χ1v) is 8.50. The zero-order chi connectivity index (χ0) is 13.5. The van der Waals surface area contributed by atoms with Crippen molar-refractivity contribution in [2.75, 3.05) is 32.7 Å². The highest BCUT2D eigenvalue weighted by atomic mass is 16.2. The van der Waals surface area contributed by atoms with Gasteiger partial charge in [0.25, 0.3) is 0 Å². The van der Waals surface area contributed by atoms with Crippen LogP contribution in [0.5, 0.6) is 0 Å². The van der Waals surface area contributed by atoms with E-state index in [-0.39, 0.29) is 5.91 Å². The molecule has 5 fully saturated rings. The molecule has 0 aromatic heterocycles. The Bertz CT molecular complexity index is 350.